The summed E-state index contributed by atoms with van der Waals surface area (Å²) < 4.78 is 16.7. The standard InChI is InChI=1S/C20H17Cl2NO4S/c1-25-16-4-3-5-17(20(16)26-2)27-18-11-15(22)14(21)9-12(18)8-13(24)10-19-23-6-7-28-19/h3-7,9,11H,8,10H2,1-2H3. The minimum atomic E-state index is -0.00389. The number of hydrogen-bond donors (Lipinski definition) is 0. The number of ketones is 1. The monoisotopic (exact) mass is 437 g/mol. The van der Waals surface area contributed by atoms with Gasteiger partial charge in [0.25, 0.3) is 0 Å². The molecule has 0 fully saturated rings. The van der Waals surface area contributed by atoms with Crippen LogP contribution in [-0.2, 0) is 17.6 Å². The first-order valence-electron chi connectivity index (χ1n) is 8.28. The number of nitrogens with zero attached hydrogens (tertiary/aromatic N) is 1. The number of carbonyl (C=O) groups is 1. The molecule has 2 aromatic carbocycles. The van der Waals surface area contributed by atoms with Crippen molar-refractivity contribution in [3.05, 3.63) is 62.5 Å². The molecule has 1 aromatic heterocycles. The summed E-state index contributed by atoms with van der Waals surface area (Å²) in [6.07, 6.45) is 2.06. The predicted molar refractivity (Wildman–Crippen MR) is 111 cm³/mol. The van der Waals surface area contributed by atoms with E-state index in [2.05, 4.69) is 4.98 Å². The number of halogens is 2. The number of ether oxygens (including phenoxy) is 3. The lowest BCUT2D eigenvalue weighted by Crippen LogP contribution is -2.07. The number of carbonyl (C=O) groups excluding carboxylic acids is 1. The van der Waals surface area contributed by atoms with Crippen LogP contribution in [0.25, 0.3) is 0 Å². The molecule has 0 saturated heterocycles. The molecule has 0 aliphatic carbocycles. The van der Waals surface area contributed by atoms with Crippen LogP contribution in [0.15, 0.2) is 41.9 Å². The molecule has 3 rings (SSSR count). The van der Waals surface area contributed by atoms with E-state index in [1.165, 1.54) is 18.4 Å². The van der Waals surface area contributed by atoms with Gasteiger partial charge in [0, 0.05) is 29.6 Å². The Morgan fingerprint density at radius 1 is 1.04 bits per heavy atom. The lowest BCUT2D eigenvalue weighted by atomic mass is 10.1. The summed E-state index contributed by atoms with van der Waals surface area (Å²) in [5.74, 6) is 1.83. The Hall–Kier alpha value is -2.28. The normalized spacial score (nSPS) is 10.6. The molecule has 0 aliphatic heterocycles. The lowest BCUT2D eigenvalue weighted by Gasteiger charge is -2.16. The van der Waals surface area contributed by atoms with Gasteiger partial charge in [-0.1, -0.05) is 29.3 Å². The SMILES string of the molecule is COc1cccc(Oc2cc(Cl)c(Cl)cc2CC(=O)Cc2nccs2)c1OC. The summed E-state index contributed by atoms with van der Waals surface area (Å²) in [6.45, 7) is 0. The van der Waals surface area contributed by atoms with Gasteiger partial charge in [-0.3, -0.25) is 4.79 Å². The molecule has 0 radical (unpaired) electrons. The summed E-state index contributed by atoms with van der Waals surface area (Å²) in [4.78, 5) is 16.6. The van der Waals surface area contributed by atoms with E-state index in [-0.39, 0.29) is 18.6 Å². The maximum atomic E-state index is 12.5. The predicted octanol–water partition coefficient (Wildman–Crippen LogP) is 5.61. The zero-order valence-corrected chi connectivity index (χ0v) is 17.5. The first-order chi connectivity index (χ1) is 13.5. The van der Waals surface area contributed by atoms with E-state index in [4.69, 9.17) is 37.4 Å². The Morgan fingerprint density at radius 2 is 1.79 bits per heavy atom. The zero-order valence-electron chi connectivity index (χ0n) is 15.2. The Balaban J connectivity index is 1.90. The molecule has 0 saturated carbocycles. The second-order valence-electron chi connectivity index (χ2n) is 5.79. The summed E-state index contributed by atoms with van der Waals surface area (Å²) in [5, 5.41) is 3.28. The highest BCUT2D eigenvalue weighted by atomic mass is 35.5. The summed E-state index contributed by atoms with van der Waals surface area (Å²) in [6, 6.07) is 8.52. The Kier molecular flexibility index (Phi) is 6.78. The van der Waals surface area contributed by atoms with Crippen LogP contribution in [0.2, 0.25) is 10.0 Å². The van der Waals surface area contributed by atoms with Gasteiger partial charge in [-0.25, -0.2) is 4.98 Å². The Morgan fingerprint density at radius 3 is 2.46 bits per heavy atom. The number of rotatable bonds is 8. The average molecular weight is 438 g/mol. The van der Waals surface area contributed by atoms with Crippen molar-refractivity contribution in [2.75, 3.05) is 14.2 Å². The van der Waals surface area contributed by atoms with Crippen LogP contribution in [-0.4, -0.2) is 25.0 Å². The molecule has 28 heavy (non-hydrogen) atoms. The van der Waals surface area contributed by atoms with E-state index in [0.717, 1.165) is 5.01 Å². The van der Waals surface area contributed by atoms with Crippen molar-refractivity contribution < 1.29 is 19.0 Å². The largest absolute Gasteiger partial charge is 0.493 e. The van der Waals surface area contributed by atoms with Crippen molar-refractivity contribution in [1.82, 2.24) is 4.98 Å². The van der Waals surface area contributed by atoms with E-state index in [1.807, 2.05) is 5.38 Å². The second kappa shape index (κ2) is 9.28. The quantitative estimate of drug-likeness (QED) is 0.457. The zero-order chi connectivity index (χ0) is 20.1. The number of hydrogen-bond acceptors (Lipinski definition) is 6. The third-order valence-electron chi connectivity index (χ3n) is 3.91. The number of para-hydroxylation sites is 1. The van der Waals surface area contributed by atoms with Crippen LogP contribution in [0.5, 0.6) is 23.0 Å². The number of thiazole rings is 1. The molecular weight excluding hydrogens is 421 g/mol. The van der Waals surface area contributed by atoms with Crippen molar-refractivity contribution in [3.63, 3.8) is 0 Å². The Labute approximate surface area is 176 Å². The molecule has 146 valence electrons. The van der Waals surface area contributed by atoms with Gasteiger partial charge in [-0.05, 0) is 18.2 Å². The third kappa shape index (κ3) is 4.76. The molecule has 3 aromatic rings. The molecule has 0 N–H and O–H groups in total. The summed E-state index contributed by atoms with van der Waals surface area (Å²) in [7, 11) is 3.07. The minimum Gasteiger partial charge on any atom is -0.493 e. The molecular formula is C20H17Cl2NO4S. The van der Waals surface area contributed by atoms with Gasteiger partial charge in [-0.15, -0.1) is 11.3 Å². The van der Waals surface area contributed by atoms with Gasteiger partial charge >= 0.3 is 0 Å². The second-order valence-corrected chi connectivity index (χ2v) is 7.58. The van der Waals surface area contributed by atoms with Gasteiger partial charge in [0.2, 0.25) is 5.75 Å². The van der Waals surface area contributed by atoms with Crippen molar-refractivity contribution in [2.45, 2.75) is 12.8 Å². The maximum Gasteiger partial charge on any atom is 0.203 e. The van der Waals surface area contributed by atoms with E-state index >= 15 is 0 Å². The third-order valence-corrected chi connectivity index (χ3v) is 5.41. The van der Waals surface area contributed by atoms with Crippen LogP contribution >= 0.6 is 34.5 Å². The lowest BCUT2D eigenvalue weighted by molar-refractivity contribution is -0.117. The highest BCUT2D eigenvalue weighted by Crippen LogP contribution is 2.41. The molecule has 0 aliphatic rings. The van der Waals surface area contributed by atoms with Crippen molar-refractivity contribution in [2.24, 2.45) is 0 Å². The number of Topliss-reactive ketones (excluding diaryl/α,β-unsaturated/α-hetero) is 1. The van der Waals surface area contributed by atoms with E-state index in [0.29, 0.717) is 38.6 Å². The minimum absolute atomic E-state index is 0.00389. The molecule has 0 atom stereocenters. The first-order valence-corrected chi connectivity index (χ1v) is 9.92. The molecule has 0 spiro atoms. The van der Waals surface area contributed by atoms with Crippen molar-refractivity contribution in [3.8, 4) is 23.0 Å². The number of benzene rings is 2. The van der Waals surface area contributed by atoms with Crippen molar-refractivity contribution >= 4 is 40.3 Å². The fourth-order valence-electron chi connectivity index (χ4n) is 2.64. The van der Waals surface area contributed by atoms with E-state index in [9.17, 15) is 4.79 Å². The highest BCUT2D eigenvalue weighted by molar-refractivity contribution is 7.09. The van der Waals surface area contributed by atoms with Gasteiger partial charge in [0.15, 0.2) is 11.5 Å². The fourth-order valence-corrected chi connectivity index (χ4v) is 3.63. The Bertz CT molecular complexity index is 977. The van der Waals surface area contributed by atoms with Crippen LogP contribution in [0.3, 0.4) is 0 Å². The number of methoxy groups -OCH3 is 2. The van der Waals surface area contributed by atoms with Crippen LogP contribution in [0, 0.1) is 0 Å². The number of aromatic nitrogens is 1. The van der Waals surface area contributed by atoms with Gasteiger partial charge in [0.1, 0.15) is 11.5 Å². The van der Waals surface area contributed by atoms with Crippen LogP contribution in [0.1, 0.15) is 10.6 Å². The smallest absolute Gasteiger partial charge is 0.203 e. The molecule has 0 amide bonds. The van der Waals surface area contributed by atoms with Crippen LogP contribution in [0.4, 0.5) is 0 Å². The average Bonchev–Trinajstić information content (AvgIpc) is 3.18. The van der Waals surface area contributed by atoms with Crippen molar-refractivity contribution in [1.29, 1.82) is 0 Å². The van der Waals surface area contributed by atoms with Gasteiger partial charge < -0.3 is 14.2 Å². The molecule has 1 heterocycles. The van der Waals surface area contributed by atoms with E-state index < -0.39 is 0 Å². The molecule has 8 heteroatoms. The van der Waals surface area contributed by atoms with E-state index in [1.54, 1.807) is 43.6 Å². The molecule has 0 unspecified atom stereocenters. The van der Waals surface area contributed by atoms with Gasteiger partial charge in [-0.2, -0.15) is 0 Å². The molecule has 5 nitrogen and oxygen atoms in total. The maximum absolute atomic E-state index is 12.5. The van der Waals surface area contributed by atoms with Crippen LogP contribution < -0.4 is 14.2 Å². The highest BCUT2D eigenvalue weighted by Gasteiger charge is 2.17. The van der Waals surface area contributed by atoms with Gasteiger partial charge in [0.05, 0.1) is 35.7 Å². The fraction of sp³-hybridized carbons (Fsp3) is 0.200. The summed E-state index contributed by atoms with van der Waals surface area (Å²) in [5.41, 5.74) is 0.626. The summed E-state index contributed by atoms with van der Waals surface area (Å²) >= 11 is 13.8. The topological polar surface area (TPSA) is 57.7 Å². The molecule has 0 bridgehead atoms. The first kappa shape index (κ1) is 20.5.